The fraction of sp³-hybridized carbons (Fsp3) is 0.714. The summed E-state index contributed by atoms with van der Waals surface area (Å²) >= 11 is 0. The van der Waals surface area contributed by atoms with Crippen LogP contribution in [0.4, 0.5) is 0 Å². The lowest BCUT2D eigenvalue weighted by atomic mass is 9.54. The van der Waals surface area contributed by atoms with Crippen LogP contribution in [0.2, 0.25) is 13.1 Å². The van der Waals surface area contributed by atoms with Gasteiger partial charge in [-0.1, -0.05) is 143 Å². The van der Waals surface area contributed by atoms with Crippen LogP contribution in [0.25, 0.3) is 0 Å². The zero-order chi connectivity index (χ0) is 22.9. The van der Waals surface area contributed by atoms with Crippen molar-refractivity contribution in [3.63, 3.8) is 0 Å². The molecule has 0 atom stereocenters. The van der Waals surface area contributed by atoms with E-state index in [1.54, 1.807) is 10.4 Å². The van der Waals surface area contributed by atoms with Crippen LogP contribution in [0.1, 0.15) is 83.1 Å². The Labute approximate surface area is 183 Å². The van der Waals surface area contributed by atoms with E-state index in [1.165, 1.54) is 0 Å². The van der Waals surface area contributed by atoms with Crippen LogP contribution < -0.4 is 0 Å². The Morgan fingerprint density at radius 2 is 0.759 bits per heavy atom. The van der Waals surface area contributed by atoms with E-state index in [9.17, 15) is 0 Å². The minimum absolute atomic E-state index is 0.0701. The number of hydrogen-bond acceptors (Lipinski definition) is 0. The molecule has 0 fully saturated rings. The van der Waals surface area contributed by atoms with Crippen LogP contribution in [-0.2, 0) is 0 Å². The molecule has 0 spiro atoms. The SMILES string of the molecule is CC(C)(C)C1(C(C)(C)C)C=CC=C1[Si](C)(C)C1=CC=CC1(C(C)(C)C)C(C)(C)C. The molecule has 2 rings (SSSR count). The van der Waals surface area contributed by atoms with Gasteiger partial charge < -0.3 is 0 Å². The monoisotopic (exact) mass is 412 g/mol. The van der Waals surface area contributed by atoms with Crippen molar-refractivity contribution in [2.45, 2.75) is 96.2 Å². The molecule has 1 heteroatoms. The van der Waals surface area contributed by atoms with Gasteiger partial charge in [0.25, 0.3) is 0 Å². The number of rotatable bonds is 2. The summed E-state index contributed by atoms with van der Waals surface area (Å²) in [6.45, 7) is 34.5. The minimum atomic E-state index is -1.95. The zero-order valence-electron chi connectivity index (χ0n) is 22.0. The van der Waals surface area contributed by atoms with Gasteiger partial charge in [0.1, 0.15) is 8.07 Å². The third-order valence-corrected chi connectivity index (χ3v) is 12.0. The molecule has 0 saturated carbocycles. The van der Waals surface area contributed by atoms with Crippen molar-refractivity contribution in [3.05, 3.63) is 46.8 Å². The summed E-state index contributed by atoms with van der Waals surface area (Å²) in [6, 6.07) is 0. The Hall–Kier alpha value is -0.823. The molecular formula is C28H48Si. The molecule has 0 N–H and O–H groups in total. The van der Waals surface area contributed by atoms with E-state index in [-0.39, 0.29) is 32.5 Å². The van der Waals surface area contributed by atoms with Crippen molar-refractivity contribution in [1.82, 2.24) is 0 Å². The van der Waals surface area contributed by atoms with Crippen LogP contribution in [0.3, 0.4) is 0 Å². The van der Waals surface area contributed by atoms with Crippen molar-refractivity contribution in [3.8, 4) is 0 Å². The van der Waals surface area contributed by atoms with Crippen LogP contribution >= 0.6 is 0 Å². The van der Waals surface area contributed by atoms with Crippen LogP contribution in [-0.4, -0.2) is 8.07 Å². The highest BCUT2D eigenvalue weighted by Crippen LogP contribution is 2.66. The Balaban J connectivity index is 2.79. The van der Waals surface area contributed by atoms with Crippen molar-refractivity contribution in [1.29, 1.82) is 0 Å². The third-order valence-electron chi connectivity index (χ3n) is 8.15. The summed E-state index contributed by atoms with van der Waals surface area (Å²) in [6.07, 6.45) is 14.8. The smallest absolute Gasteiger partial charge is 0.0736 e. The molecule has 2 aliphatic rings. The topological polar surface area (TPSA) is 0 Å². The second-order valence-corrected chi connectivity index (χ2v) is 18.4. The van der Waals surface area contributed by atoms with Gasteiger partial charge in [-0.2, -0.15) is 0 Å². The standard InChI is InChI=1S/C28H48Si/c1-23(2,3)27(24(4,5)6)19-15-17-21(27)29(13,14)22-18-16-20-28(22,25(7,8)9)26(10,11)12/h15-20H,1-14H3. The van der Waals surface area contributed by atoms with Crippen LogP contribution in [0, 0.1) is 32.5 Å². The van der Waals surface area contributed by atoms with E-state index >= 15 is 0 Å². The Morgan fingerprint density at radius 1 is 0.517 bits per heavy atom. The normalized spacial score (nSPS) is 22.1. The second kappa shape index (κ2) is 6.59. The lowest BCUT2D eigenvalue weighted by Crippen LogP contribution is -2.57. The summed E-state index contributed by atoms with van der Waals surface area (Å²) < 4.78 is 0. The van der Waals surface area contributed by atoms with Gasteiger partial charge in [0.05, 0.1) is 0 Å². The fourth-order valence-corrected chi connectivity index (χ4v) is 12.4. The molecular weight excluding hydrogens is 364 g/mol. The van der Waals surface area contributed by atoms with E-state index in [4.69, 9.17) is 0 Å². The van der Waals surface area contributed by atoms with E-state index in [1.807, 2.05) is 0 Å². The maximum Gasteiger partial charge on any atom is 0.105 e. The summed E-state index contributed by atoms with van der Waals surface area (Å²) in [5.41, 5.74) is 0.779. The average molecular weight is 413 g/mol. The quantitative estimate of drug-likeness (QED) is 0.397. The molecule has 0 radical (unpaired) electrons. The predicted molar refractivity (Wildman–Crippen MR) is 135 cm³/mol. The molecule has 0 saturated heterocycles. The van der Waals surface area contributed by atoms with Gasteiger partial charge in [0.2, 0.25) is 0 Å². The second-order valence-electron chi connectivity index (χ2n) is 14.1. The lowest BCUT2D eigenvalue weighted by Gasteiger charge is -2.60. The average Bonchev–Trinajstić information content (AvgIpc) is 3.11. The van der Waals surface area contributed by atoms with Crippen molar-refractivity contribution in [2.24, 2.45) is 32.5 Å². The molecule has 164 valence electrons. The third kappa shape index (κ3) is 3.22. The first-order valence-electron chi connectivity index (χ1n) is 11.5. The van der Waals surface area contributed by atoms with Gasteiger partial charge in [-0.25, -0.2) is 0 Å². The number of allylic oxidation sites excluding steroid dienone is 8. The molecule has 0 nitrogen and oxygen atoms in total. The predicted octanol–water partition coefficient (Wildman–Crippen LogP) is 8.92. The molecule has 0 aromatic rings. The Bertz CT molecular complexity index is 674. The van der Waals surface area contributed by atoms with Crippen LogP contribution in [0.5, 0.6) is 0 Å². The summed E-state index contributed by atoms with van der Waals surface area (Å²) in [5, 5.41) is 3.41. The summed E-state index contributed by atoms with van der Waals surface area (Å²) in [4.78, 5) is 0. The molecule has 2 aliphatic carbocycles. The van der Waals surface area contributed by atoms with Gasteiger partial charge in [0, 0.05) is 10.8 Å². The fourth-order valence-electron chi connectivity index (χ4n) is 7.43. The molecule has 29 heavy (non-hydrogen) atoms. The van der Waals surface area contributed by atoms with Crippen molar-refractivity contribution < 1.29 is 0 Å². The van der Waals surface area contributed by atoms with Gasteiger partial charge in [-0.15, -0.1) is 0 Å². The summed E-state index contributed by atoms with van der Waals surface area (Å²) in [5.74, 6) is 0. The van der Waals surface area contributed by atoms with E-state index in [2.05, 4.69) is 133 Å². The van der Waals surface area contributed by atoms with Gasteiger partial charge in [-0.3, -0.25) is 0 Å². The highest BCUT2D eigenvalue weighted by Gasteiger charge is 2.61. The lowest BCUT2D eigenvalue weighted by molar-refractivity contribution is 0.0580. The molecule has 0 unspecified atom stereocenters. The van der Waals surface area contributed by atoms with Crippen molar-refractivity contribution in [2.75, 3.05) is 0 Å². The maximum atomic E-state index is 2.61. The van der Waals surface area contributed by atoms with Gasteiger partial charge in [-0.05, 0) is 21.7 Å². The molecule has 0 amide bonds. The minimum Gasteiger partial charge on any atom is -0.0736 e. The molecule has 0 heterocycles. The van der Waals surface area contributed by atoms with E-state index < -0.39 is 8.07 Å². The highest BCUT2D eigenvalue weighted by molar-refractivity contribution is 6.91. The largest absolute Gasteiger partial charge is 0.105 e. The zero-order valence-corrected chi connectivity index (χ0v) is 23.0. The van der Waals surface area contributed by atoms with E-state index in [0.29, 0.717) is 0 Å². The Morgan fingerprint density at radius 3 is 0.966 bits per heavy atom. The van der Waals surface area contributed by atoms with Crippen molar-refractivity contribution >= 4 is 8.07 Å². The van der Waals surface area contributed by atoms with E-state index in [0.717, 1.165) is 0 Å². The molecule has 0 aromatic heterocycles. The molecule has 0 aliphatic heterocycles. The first kappa shape index (κ1) is 24.4. The van der Waals surface area contributed by atoms with Gasteiger partial charge >= 0.3 is 0 Å². The molecule has 0 aromatic carbocycles. The summed E-state index contributed by atoms with van der Waals surface area (Å²) in [7, 11) is -1.95. The maximum absolute atomic E-state index is 2.61. The highest BCUT2D eigenvalue weighted by atomic mass is 28.3. The first-order valence-corrected chi connectivity index (χ1v) is 14.5. The van der Waals surface area contributed by atoms with Gasteiger partial charge in [0.15, 0.2) is 0 Å². The number of hydrogen-bond donors (Lipinski definition) is 0. The Kier molecular flexibility index (Phi) is 5.55. The first-order chi connectivity index (χ1) is 12.7. The van der Waals surface area contributed by atoms with Crippen LogP contribution in [0.15, 0.2) is 46.8 Å². The molecule has 0 bridgehead atoms.